The standard InChI is InChI=1S/C38H24/c1-3-9-27-19-35-21-33(15-13-31(35)17-25(27)7-1)37-23-29-11-5-6-12-30(29)24-38(37)34-16-14-32-18-26-8-2-4-10-28(26)20-36(32)22-34/h1-24H. The number of hydrogen-bond acceptors (Lipinski definition) is 0. The summed E-state index contributed by atoms with van der Waals surface area (Å²) in [7, 11) is 0. The van der Waals surface area contributed by atoms with Crippen LogP contribution in [-0.2, 0) is 0 Å². The monoisotopic (exact) mass is 480 g/mol. The van der Waals surface area contributed by atoms with Crippen LogP contribution >= 0.6 is 0 Å². The lowest BCUT2D eigenvalue weighted by molar-refractivity contribution is 1.64. The number of fused-ring (bicyclic) bond motifs is 5. The molecule has 8 rings (SSSR count). The van der Waals surface area contributed by atoms with Crippen molar-refractivity contribution in [3.63, 3.8) is 0 Å². The zero-order valence-electron chi connectivity index (χ0n) is 20.9. The van der Waals surface area contributed by atoms with E-state index in [0.717, 1.165) is 0 Å². The second kappa shape index (κ2) is 8.30. The van der Waals surface area contributed by atoms with Gasteiger partial charge in [0, 0.05) is 0 Å². The van der Waals surface area contributed by atoms with E-state index in [9.17, 15) is 0 Å². The predicted molar refractivity (Wildman–Crippen MR) is 165 cm³/mol. The maximum atomic E-state index is 2.36. The van der Waals surface area contributed by atoms with E-state index in [1.807, 2.05) is 0 Å². The Morgan fingerprint density at radius 2 is 0.500 bits per heavy atom. The zero-order chi connectivity index (χ0) is 25.1. The molecule has 0 saturated carbocycles. The molecule has 0 N–H and O–H groups in total. The molecule has 0 nitrogen and oxygen atoms in total. The minimum absolute atomic E-state index is 1.24. The van der Waals surface area contributed by atoms with Gasteiger partial charge in [-0.05, 0) is 125 Å². The van der Waals surface area contributed by atoms with Gasteiger partial charge in [-0.2, -0.15) is 0 Å². The maximum absolute atomic E-state index is 2.36. The summed E-state index contributed by atoms with van der Waals surface area (Å²) in [4.78, 5) is 0. The van der Waals surface area contributed by atoms with Crippen LogP contribution in [0.1, 0.15) is 0 Å². The van der Waals surface area contributed by atoms with Gasteiger partial charge in [-0.3, -0.25) is 0 Å². The van der Waals surface area contributed by atoms with Crippen LogP contribution < -0.4 is 0 Å². The van der Waals surface area contributed by atoms with Crippen LogP contribution in [0.3, 0.4) is 0 Å². The summed E-state index contributed by atoms with van der Waals surface area (Å²) < 4.78 is 0. The molecule has 0 spiro atoms. The third-order valence-corrected chi connectivity index (χ3v) is 7.92. The fourth-order valence-corrected chi connectivity index (χ4v) is 5.93. The van der Waals surface area contributed by atoms with Crippen LogP contribution in [0.4, 0.5) is 0 Å². The molecule has 0 heteroatoms. The third kappa shape index (κ3) is 3.46. The lowest BCUT2D eigenvalue weighted by Gasteiger charge is -2.15. The predicted octanol–water partition coefficient (Wildman–Crippen LogP) is 10.8. The van der Waals surface area contributed by atoms with E-state index in [1.165, 1.54) is 76.1 Å². The first-order valence-electron chi connectivity index (χ1n) is 13.2. The molecule has 0 unspecified atom stereocenters. The Morgan fingerprint density at radius 3 is 0.868 bits per heavy atom. The average Bonchev–Trinajstić information content (AvgIpc) is 2.97. The number of benzene rings is 8. The minimum atomic E-state index is 1.24. The molecule has 0 aliphatic rings. The quantitative estimate of drug-likeness (QED) is 0.216. The summed E-state index contributed by atoms with van der Waals surface area (Å²) in [5.74, 6) is 0. The Kier molecular flexibility index (Phi) is 4.62. The topological polar surface area (TPSA) is 0 Å². The first-order chi connectivity index (χ1) is 18.8. The van der Waals surface area contributed by atoms with Gasteiger partial charge in [0.05, 0.1) is 0 Å². The molecule has 0 radical (unpaired) electrons. The Morgan fingerprint density at radius 1 is 0.211 bits per heavy atom. The van der Waals surface area contributed by atoms with E-state index >= 15 is 0 Å². The van der Waals surface area contributed by atoms with Gasteiger partial charge in [0.15, 0.2) is 0 Å². The van der Waals surface area contributed by atoms with Gasteiger partial charge in [-0.15, -0.1) is 0 Å². The number of hydrogen-bond donors (Lipinski definition) is 0. The van der Waals surface area contributed by atoms with Crippen molar-refractivity contribution in [3.8, 4) is 22.3 Å². The second-order valence-corrected chi connectivity index (χ2v) is 10.3. The normalized spacial score (nSPS) is 11.7. The molecule has 8 aromatic carbocycles. The van der Waals surface area contributed by atoms with Gasteiger partial charge in [0.2, 0.25) is 0 Å². The molecule has 0 amide bonds. The molecule has 0 saturated heterocycles. The van der Waals surface area contributed by atoms with E-state index < -0.39 is 0 Å². The molecule has 38 heavy (non-hydrogen) atoms. The smallest absolute Gasteiger partial charge is 0.00988 e. The van der Waals surface area contributed by atoms with Crippen molar-refractivity contribution in [1.29, 1.82) is 0 Å². The van der Waals surface area contributed by atoms with E-state index in [0.29, 0.717) is 0 Å². The average molecular weight is 481 g/mol. The van der Waals surface area contributed by atoms with Crippen molar-refractivity contribution in [2.24, 2.45) is 0 Å². The lowest BCUT2D eigenvalue weighted by atomic mass is 9.89. The van der Waals surface area contributed by atoms with Gasteiger partial charge in [0.1, 0.15) is 0 Å². The molecule has 0 aliphatic heterocycles. The van der Waals surface area contributed by atoms with Crippen molar-refractivity contribution in [2.45, 2.75) is 0 Å². The molecular weight excluding hydrogens is 456 g/mol. The Balaban J connectivity index is 1.37. The van der Waals surface area contributed by atoms with E-state index in [2.05, 4.69) is 146 Å². The first-order valence-corrected chi connectivity index (χ1v) is 13.2. The van der Waals surface area contributed by atoms with Crippen molar-refractivity contribution >= 4 is 53.9 Å². The van der Waals surface area contributed by atoms with Crippen LogP contribution in [0.25, 0.3) is 76.1 Å². The van der Waals surface area contributed by atoms with E-state index in [1.54, 1.807) is 0 Å². The highest BCUT2D eigenvalue weighted by molar-refractivity contribution is 6.04. The molecule has 0 fully saturated rings. The van der Waals surface area contributed by atoms with Crippen molar-refractivity contribution in [1.82, 2.24) is 0 Å². The minimum Gasteiger partial charge on any atom is -0.0616 e. The van der Waals surface area contributed by atoms with Gasteiger partial charge < -0.3 is 0 Å². The van der Waals surface area contributed by atoms with Gasteiger partial charge in [0.25, 0.3) is 0 Å². The highest BCUT2D eigenvalue weighted by Crippen LogP contribution is 2.39. The molecule has 0 bridgehead atoms. The molecule has 0 aromatic heterocycles. The Labute approximate surface area is 221 Å². The summed E-state index contributed by atoms with van der Waals surface area (Å²) in [6.07, 6.45) is 0. The Bertz CT molecular complexity index is 2020. The van der Waals surface area contributed by atoms with E-state index in [4.69, 9.17) is 0 Å². The Hall–Kier alpha value is -4.94. The third-order valence-electron chi connectivity index (χ3n) is 7.92. The SMILES string of the molecule is c1ccc2cc(-c3ccc4cc5ccccc5cc4c3)c(-c3ccc4cc5ccccc5cc4c3)cc2c1. The molecule has 0 heterocycles. The van der Waals surface area contributed by atoms with Crippen LogP contribution in [0.15, 0.2) is 146 Å². The van der Waals surface area contributed by atoms with Gasteiger partial charge in [-0.1, -0.05) is 97.1 Å². The summed E-state index contributed by atoms with van der Waals surface area (Å²) in [6.45, 7) is 0. The summed E-state index contributed by atoms with van der Waals surface area (Å²) in [6, 6.07) is 53.6. The molecule has 8 aromatic rings. The second-order valence-electron chi connectivity index (χ2n) is 10.3. The van der Waals surface area contributed by atoms with Gasteiger partial charge >= 0.3 is 0 Å². The highest BCUT2D eigenvalue weighted by Gasteiger charge is 2.12. The summed E-state index contributed by atoms with van der Waals surface area (Å²) in [5, 5.41) is 12.7. The highest BCUT2D eigenvalue weighted by atomic mass is 14.2. The van der Waals surface area contributed by atoms with Crippen LogP contribution in [-0.4, -0.2) is 0 Å². The molecule has 176 valence electrons. The summed E-state index contributed by atoms with van der Waals surface area (Å²) in [5.41, 5.74) is 5.01. The molecule has 0 atom stereocenters. The molecule has 0 aliphatic carbocycles. The van der Waals surface area contributed by atoms with Crippen molar-refractivity contribution < 1.29 is 0 Å². The van der Waals surface area contributed by atoms with Crippen molar-refractivity contribution in [3.05, 3.63) is 146 Å². The van der Waals surface area contributed by atoms with Crippen LogP contribution in [0.2, 0.25) is 0 Å². The number of rotatable bonds is 2. The largest absolute Gasteiger partial charge is 0.0616 e. The molecular formula is C38H24. The van der Waals surface area contributed by atoms with E-state index in [-0.39, 0.29) is 0 Å². The maximum Gasteiger partial charge on any atom is -0.00988 e. The first kappa shape index (κ1) is 21.2. The summed E-state index contributed by atoms with van der Waals surface area (Å²) >= 11 is 0. The van der Waals surface area contributed by atoms with Gasteiger partial charge in [-0.25, -0.2) is 0 Å². The van der Waals surface area contributed by atoms with Crippen LogP contribution in [0.5, 0.6) is 0 Å². The fraction of sp³-hybridized carbons (Fsp3) is 0. The lowest BCUT2D eigenvalue weighted by Crippen LogP contribution is -1.88. The van der Waals surface area contributed by atoms with Crippen LogP contribution in [0, 0.1) is 0 Å². The zero-order valence-corrected chi connectivity index (χ0v) is 20.9. The fourth-order valence-electron chi connectivity index (χ4n) is 5.93. The van der Waals surface area contributed by atoms with Crippen molar-refractivity contribution in [2.75, 3.05) is 0 Å².